The van der Waals surface area contributed by atoms with Crippen LogP contribution in [0.4, 0.5) is 0 Å². The summed E-state index contributed by atoms with van der Waals surface area (Å²) >= 11 is 1.58. The van der Waals surface area contributed by atoms with Crippen molar-refractivity contribution >= 4 is 17.7 Å². The fraction of sp³-hybridized carbons (Fsp3) is 0.211. The summed E-state index contributed by atoms with van der Waals surface area (Å²) in [5, 5.41) is 4.37. The number of amides is 1. The van der Waals surface area contributed by atoms with Crippen LogP contribution in [0.2, 0.25) is 0 Å². The lowest BCUT2D eigenvalue weighted by Crippen LogP contribution is -2.27. The second kappa shape index (κ2) is 8.48. The summed E-state index contributed by atoms with van der Waals surface area (Å²) in [5.74, 6) is 1.29. The van der Waals surface area contributed by atoms with Crippen LogP contribution >= 0.6 is 11.8 Å². The zero-order valence-electron chi connectivity index (χ0n) is 14.1. The fourth-order valence-electron chi connectivity index (χ4n) is 2.36. The highest BCUT2D eigenvalue weighted by atomic mass is 32.2. The number of thioether (sulfide) groups is 1. The van der Waals surface area contributed by atoms with E-state index in [9.17, 15) is 4.79 Å². The van der Waals surface area contributed by atoms with Crippen molar-refractivity contribution in [1.82, 2.24) is 19.7 Å². The average molecular weight is 352 g/mol. The van der Waals surface area contributed by atoms with E-state index in [1.54, 1.807) is 29.1 Å². The average Bonchev–Trinajstić information content (AvgIpc) is 3.12. The maximum atomic E-state index is 12.3. The minimum absolute atomic E-state index is 0.105. The van der Waals surface area contributed by atoms with Gasteiger partial charge in [0.25, 0.3) is 0 Å². The van der Waals surface area contributed by atoms with Gasteiger partial charge in [-0.3, -0.25) is 9.78 Å². The minimum Gasteiger partial charge on any atom is -0.341 e. The van der Waals surface area contributed by atoms with E-state index in [0.29, 0.717) is 12.3 Å². The van der Waals surface area contributed by atoms with Crippen LogP contribution in [0, 0.1) is 0 Å². The van der Waals surface area contributed by atoms with E-state index < -0.39 is 0 Å². The Labute approximate surface area is 151 Å². The SMILES string of the molecule is CN(Cc1cnn(-c2ccccc2)c1)C(=O)CSCc1ccccn1. The van der Waals surface area contributed by atoms with Crippen molar-refractivity contribution in [2.45, 2.75) is 12.3 Å². The molecule has 3 rings (SSSR count). The molecule has 2 aromatic heterocycles. The summed E-state index contributed by atoms with van der Waals surface area (Å²) in [6, 6.07) is 15.8. The van der Waals surface area contributed by atoms with Crippen molar-refractivity contribution in [3.63, 3.8) is 0 Å². The number of benzene rings is 1. The van der Waals surface area contributed by atoms with Gasteiger partial charge < -0.3 is 4.90 Å². The second-order valence-electron chi connectivity index (χ2n) is 5.69. The van der Waals surface area contributed by atoms with Crippen molar-refractivity contribution in [1.29, 1.82) is 0 Å². The van der Waals surface area contributed by atoms with Crippen molar-refractivity contribution in [3.05, 3.63) is 78.4 Å². The van der Waals surface area contributed by atoms with Gasteiger partial charge in [-0.2, -0.15) is 5.10 Å². The Hall–Kier alpha value is -2.60. The van der Waals surface area contributed by atoms with Gasteiger partial charge in [0, 0.05) is 37.3 Å². The predicted octanol–water partition coefficient (Wildman–Crippen LogP) is 3.16. The summed E-state index contributed by atoms with van der Waals surface area (Å²) in [6.45, 7) is 0.551. The first-order valence-corrected chi connectivity index (χ1v) is 9.18. The quantitative estimate of drug-likeness (QED) is 0.655. The molecule has 5 nitrogen and oxygen atoms in total. The van der Waals surface area contributed by atoms with Crippen molar-refractivity contribution in [2.24, 2.45) is 0 Å². The first-order chi connectivity index (χ1) is 12.2. The molecule has 0 aliphatic heterocycles. The van der Waals surface area contributed by atoms with E-state index in [0.717, 1.165) is 22.7 Å². The number of carbonyl (C=O) groups is 1. The van der Waals surface area contributed by atoms with Gasteiger partial charge in [-0.15, -0.1) is 11.8 Å². The predicted molar refractivity (Wildman–Crippen MR) is 100 cm³/mol. The molecule has 0 aliphatic rings. The van der Waals surface area contributed by atoms with Crippen LogP contribution in [0.5, 0.6) is 0 Å². The van der Waals surface area contributed by atoms with Crippen molar-refractivity contribution in [2.75, 3.05) is 12.8 Å². The molecule has 0 saturated carbocycles. The molecule has 128 valence electrons. The van der Waals surface area contributed by atoms with Crippen molar-refractivity contribution < 1.29 is 4.79 Å². The van der Waals surface area contributed by atoms with Gasteiger partial charge in [-0.25, -0.2) is 4.68 Å². The van der Waals surface area contributed by atoms with E-state index in [4.69, 9.17) is 0 Å². The Morgan fingerprint density at radius 1 is 1.16 bits per heavy atom. The first-order valence-electron chi connectivity index (χ1n) is 8.03. The highest BCUT2D eigenvalue weighted by Gasteiger charge is 2.11. The van der Waals surface area contributed by atoms with Gasteiger partial charge in [-0.05, 0) is 24.3 Å². The number of carbonyl (C=O) groups excluding carboxylic acids is 1. The molecule has 0 N–H and O–H groups in total. The van der Waals surface area contributed by atoms with E-state index in [2.05, 4.69) is 10.1 Å². The number of para-hydroxylation sites is 1. The number of hydrogen-bond acceptors (Lipinski definition) is 4. The fourth-order valence-corrected chi connectivity index (χ4v) is 3.24. The Morgan fingerprint density at radius 2 is 1.96 bits per heavy atom. The summed E-state index contributed by atoms with van der Waals surface area (Å²) in [5.41, 5.74) is 3.01. The zero-order valence-corrected chi connectivity index (χ0v) is 14.9. The van der Waals surface area contributed by atoms with E-state index in [1.165, 1.54) is 0 Å². The van der Waals surface area contributed by atoms with E-state index in [1.807, 2.05) is 66.5 Å². The van der Waals surface area contributed by atoms with Gasteiger partial charge in [0.15, 0.2) is 0 Å². The molecule has 0 saturated heterocycles. The van der Waals surface area contributed by atoms with Crippen LogP contribution in [-0.2, 0) is 17.1 Å². The summed E-state index contributed by atoms with van der Waals surface area (Å²) in [4.78, 5) is 18.3. The third-order valence-electron chi connectivity index (χ3n) is 3.70. The third-order valence-corrected chi connectivity index (χ3v) is 4.65. The smallest absolute Gasteiger partial charge is 0.232 e. The summed E-state index contributed by atoms with van der Waals surface area (Å²) in [7, 11) is 1.82. The lowest BCUT2D eigenvalue weighted by Gasteiger charge is -2.15. The Morgan fingerprint density at radius 3 is 2.72 bits per heavy atom. The monoisotopic (exact) mass is 352 g/mol. The Bertz CT molecular complexity index is 805. The number of pyridine rings is 1. The van der Waals surface area contributed by atoms with Gasteiger partial charge in [0.2, 0.25) is 5.91 Å². The standard InChI is InChI=1S/C19H20N4OS/c1-22(19(24)15-25-14-17-7-5-6-10-20-17)12-16-11-21-23(13-16)18-8-3-2-4-9-18/h2-11,13H,12,14-15H2,1H3. The number of nitrogens with zero attached hydrogens (tertiary/aromatic N) is 4. The maximum absolute atomic E-state index is 12.3. The first kappa shape index (κ1) is 17.2. The minimum atomic E-state index is 0.105. The van der Waals surface area contributed by atoms with E-state index in [-0.39, 0.29) is 5.91 Å². The molecule has 0 unspecified atom stereocenters. The Balaban J connectivity index is 1.49. The van der Waals surface area contributed by atoms with Crippen LogP contribution in [0.25, 0.3) is 5.69 Å². The molecule has 25 heavy (non-hydrogen) atoms. The van der Waals surface area contributed by atoms with Gasteiger partial charge in [-0.1, -0.05) is 24.3 Å². The van der Waals surface area contributed by atoms with E-state index >= 15 is 0 Å². The van der Waals surface area contributed by atoms with Crippen LogP contribution in [0.15, 0.2) is 67.1 Å². The lowest BCUT2D eigenvalue weighted by molar-refractivity contribution is -0.127. The molecule has 0 radical (unpaired) electrons. The molecule has 0 atom stereocenters. The molecule has 3 aromatic rings. The maximum Gasteiger partial charge on any atom is 0.232 e. The molecule has 0 bridgehead atoms. The number of rotatable bonds is 7. The van der Waals surface area contributed by atoms with Crippen LogP contribution < -0.4 is 0 Å². The molecule has 1 aromatic carbocycles. The van der Waals surface area contributed by atoms with Crippen LogP contribution in [0.1, 0.15) is 11.3 Å². The molecule has 6 heteroatoms. The highest BCUT2D eigenvalue weighted by Crippen LogP contribution is 2.12. The highest BCUT2D eigenvalue weighted by molar-refractivity contribution is 7.99. The summed E-state index contributed by atoms with van der Waals surface area (Å²) < 4.78 is 1.82. The molecule has 1 amide bonds. The molecular formula is C19H20N4OS. The molecular weight excluding hydrogens is 332 g/mol. The summed E-state index contributed by atoms with van der Waals surface area (Å²) in [6.07, 6.45) is 5.53. The number of hydrogen-bond donors (Lipinski definition) is 0. The van der Waals surface area contributed by atoms with Crippen LogP contribution in [-0.4, -0.2) is 38.4 Å². The van der Waals surface area contributed by atoms with Gasteiger partial charge in [0.05, 0.1) is 23.3 Å². The van der Waals surface area contributed by atoms with Gasteiger partial charge >= 0.3 is 0 Å². The van der Waals surface area contributed by atoms with Crippen LogP contribution in [0.3, 0.4) is 0 Å². The Kier molecular flexibility index (Phi) is 5.85. The topological polar surface area (TPSA) is 51.0 Å². The third kappa shape index (κ3) is 4.93. The largest absolute Gasteiger partial charge is 0.341 e. The molecule has 0 aliphatic carbocycles. The normalized spacial score (nSPS) is 10.6. The van der Waals surface area contributed by atoms with Crippen molar-refractivity contribution in [3.8, 4) is 5.69 Å². The second-order valence-corrected chi connectivity index (χ2v) is 6.68. The zero-order chi connectivity index (χ0) is 17.5. The molecule has 2 heterocycles. The lowest BCUT2D eigenvalue weighted by atomic mass is 10.3. The number of aromatic nitrogens is 3. The van der Waals surface area contributed by atoms with Gasteiger partial charge in [0.1, 0.15) is 0 Å². The molecule has 0 spiro atoms. The molecule has 0 fully saturated rings.